The maximum absolute atomic E-state index is 11.9. The van der Waals surface area contributed by atoms with E-state index in [0.29, 0.717) is 32.0 Å². The van der Waals surface area contributed by atoms with Crippen molar-refractivity contribution in [2.75, 3.05) is 43.1 Å². The first kappa shape index (κ1) is 42.1. The third-order valence-electron chi connectivity index (χ3n) is 7.58. The van der Waals surface area contributed by atoms with Gasteiger partial charge in [-0.05, 0) is 45.4 Å². The number of aliphatic hydroxyl groups excluding tert-OH is 1. The van der Waals surface area contributed by atoms with Gasteiger partial charge >= 0.3 is 12.1 Å². The standard InChI is InChI=1S/C34H63N5O5S2/c1-30-29-31(41)38-32(37-30)39-33(42)35-23-17-11-12-18-24-36-34(43)44-26-20-14-8-4-6-10-16-22-28-46-45-27-21-15-9-5-2-3-7-13-19-25-40/h29,40H,2-28H2,1H3,(H,36,43)(H3,35,37,38,39,41,42). The van der Waals surface area contributed by atoms with E-state index in [0.717, 1.165) is 44.9 Å². The number of unbranched alkanes of at least 4 members (excludes halogenated alkanes) is 18. The molecule has 0 aromatic carbocycles. The molecule has 0 aliphatic carbocycles. The van der Waals surface area contributed by atoms with Gasteiger partial charge in [-0.15, -0.1) is 0 Å². The summed E-state index contributed by atoms with van der Waals surface area (Å²) < 4.78 is 5.28. The van der Waals surface area contributed by atoms with Gasteiger partial charge in [-0.3, -0.25) is 15.1 Å². The van der Waals surface area contributed by atoms with Gasteiger partial charge in [0.2, 0.25) is 5.95 Å². The SMILES string of the molecule is Cc1cc(=O)[nH]c(NC(=O)NCCCCCCNC(=O)OCCCCCCCCCCSSCCCCCCCCCCCO)n1. The molecule has 5 N–H and O–H groups in total. The van der Waals surface area contributed by atoms with E-state index >= 15 is 0 Å². The van der Waals surface area contributed by atoms with E-state index in [1.807, 2.05) is 10.8 Å². The lowest BCUT2D eigenvalue weighted by Crippen LogP contribution is -2.31. The molecule has 0 saturated carbocycles. The minimum atomic E-state index is -0.404. The number of amides is 3. The molecule has 0 saturated heterocycles. The number of aliphatic hydroxyl groups is 1. The van der Waals surface area contributed by atoms with Crippen molar-refractivity contribution in [1.82, 2.24) is 20.6 Å². The number of aromatic nitrogens is 2. The van der Waals surface area contributed by atoms with E-state index in [1.54, 1.807) is 6.92 Å². The molecular weight excluding hydrogens is 623 g/mol. The lowest BCUT2D eigenvalue weighted by atomic mass is 10.1. The van der Waals surface area contributed by atoms with Crippen LogP contribution in [-0.4, -0.2) is 65.0 Å². The first-order valence-corrected chi connectivity index (χ1v) is 20.4. The molecule has 0 fully saturated rings. The van der Waals surface area contributed by atoms with Crippen molar-refractivity contribution in [2.45, 2.75) is 142 Å². The number of urea groups is 1. The average molecular weight is 686 g/mol. The molecule has 3 amide bonds. The molecule has 266 valence electrons. The molecular formula is C34H63N5O5S2. The van der Waals surface area contributed by atoms with Crippen molar-refractivity contribution in [3.63, 3.8) is 0 Å². The van der Waals surface area contributed by atoms with Crippen molar-refractivity contribution in [3.8, 4) is 0 Å². The van der Waals surface area contributed by atoms with Crippen LogP contribution in [0.2, 0.25) is 0 Å². The summed E-state index contributed by atoms with van der Waals surface area (Å²) in [5, 5.41) is 16.9. The highest BCUT2D eigenvalue weighted by atomic mass is 33.1. The van der Waals surface area contributed by atoms with Crippen LogP contribution in [-0.2, 0) is 4.74 Å². The van der Waals surface area contributed by atoms with E-state index in [-0.39, 0.29) is 17.6 Å². The topological polar surface area (TPSA) is 145 Å². The predicted octanol–water partition coefficient (Wildman–Crippen LogP) is 8.49. The minimum Gasteiger partial charge on any atom is -0.450 e. The fourth-order valence-electron chi connectivity index (χ4n) is 4.95. The van der Waals surface area contributed by atoms with Crippen molar-refractivity contribution in [1.29, 1.82) is 0 Å². The van der Waals surface area contributed by atoms with Gasteiger partial charge in [-0.25, -0.2) is 14.6 Å². The van der Waals surface area contributed by atoms with Gasteiger partial charge in [0, 0.05) is 43.0 Å². The van der Waals surface area contributed by atoms with Crippen LogP contribution < -0.4 is 21.5 Å². The van der Waals surface area contributed by atoms with Gasteiger partial charge in [-0.2, -0.15) is 0 Å². The summed E-state index contributed by atoms with van der Waals surface area (Å²) in [6.07, 6.45) is 24.6. The van der Waals surface area contributed by atoms with Crippen LogP contribution in [0.25, 0.3) is 0 Å². The minimum absolute atomic E-state index is 0.131. The quantitative estimate of drug-likeness (QED) is 0.0386. The van der Waals surface area contributed by atoms with Crippen LogP contribution in [0.5, 0.6) is 0 Å². The predicted molar refractivity (Wildman–Crippen MR) is 195 cm³/mol. The summed E-state index contributed by atoms with van der Waals surface area (Å²) in [7, 11) is 4.10. The Labute approximate surface area is 286 Å². The van der Waals surface area contributed by atoms with Crippen LogP contribution >= 0.6 is 21.6 Å². The summed E-state index contributed by atoms with van der Waals surface area (Å²) in [4.78, 5) is 41.7. The normalized spacial score (nSPS) is 11.0. The summed E-state index contributed by atoms with van der Waals surface area (Å²) >= 11 is 0. The zero-order valence-corrected chi connectivity index (χ0v) is 30.1. The molecule has 0 aliphatic heterocycles. The zero-order valence-electron chi connectivity index (χ0n) is 28.5. The number of carbonyl (C=O) groups excluding carboxylic acids is 2. The fourth-order valence-corrected chi connectivity index (χ4v) is 7.25. The number of nitrogens with zero attached hydrogens (tertiary/aromatic N) is 1. The highest BCUT2D eigenvalue weighted by Gasteiger charge is 2.05. The molecule has 1 rings (SSSR count). The Kier molecular flexibility index (Phi) is 29.0. The van der Waals surface area contributed by atoms with Gasteiger partial charge in [0.25, 0.3) is 5.56 Å². The number of aryl methyl sites for hydroxylation is 1. The van der Waals surface area contributed by atoms with Crippen molar-refractivity contribution >= 4 is 39.7 Å². The molecule has 0 bridgehead atoms. The number of ether oxygens (including phenoxy) is 1. The van der Waals surface area contributed by atoms with Crippen molar-refractivity contribution in [2.24, 2.45) is 0 Å². The van der Waals surface area contributed by atoms with Gasteiger partial charge in [0.05, 0.1) is 6.61 Å². The third-order valence-corrected chi connectivity index (χ3v) is 10.2. The van der Waals surface area contributed by atoms with Gasteiger partial charge in [-0.1, -0.05) is 118 Å². The number of alkyl carbamates (subject to hydrolysis) is 1. The summed E-state index contributed by atoms with van der Waals surface area (Å²) in [5.74, 6) is 2.69. The molecule has 10 nitrogen and oxygen atoms in total. The second kappa shape index (κ2) is 31.7. The van der Waals surface area contributed by atoms with E-state index in [4.69, 9.17) is 9.84 Å². The molecule has 0 aliphatic rings. The smallest absolute Gasteiger partial charge is 0.407 e. The molecule has 1 aromatic rings. The molecule has 46 heavy (non-hydrogen) atoms. The Morgan fingerprint density at radius 3 is 1.74 bits per heavy atom. The molecule has 0 unspecified atom stereocenters. The van der Waals surface area contributed by atoms with Crippen LogP contribution in [0.4, 0.5) is 15.5 Å². The maximum atomic E-state index is 11.9. The molecule has 1 heterocycles. The number of H-pyrrole nitrogens is 1. The number of aromatic amines is 1. The Balaban J connectivity index is 1.74. The molecule has 1 aromatic heterocycles. The number of nitrogens with one attached hydrogen (secondary N) is 4. The molecule has 0 atom stereocenters. The second-order valence-electron chi connectivity index (χ2n) is 12.0. The highest BCUT2D eigenvalue weighted by molar-refractivity contribution is 8.76. The molecule has 0 radical (unpaired) electrons. The van der Waals surface area contributed by atoms with E-state index in [9.17, 15) is 14.4 Å². The van der Waals surface area contributed by atoms with Crippen LogP contribution in [0.1, 0.15) is 141 Å². The maximum Gasteiger partial charge on any atom is 0.407 e. The molecule has 0 spiro atoms. The number of hydrogen-bond donors (Lipinski definition) is 5. The lowest BCUT2D eigenvalue weighted by Gasteiger charge is -2.08. The van der Waals surface area contributed by atoms with Crippen LogP contribution in [0.3, 0.4) is 0 Å². The monoisotopic (exact) mass is 685 g/mol. The first-order chi connectivity index (χ1) is 22.5. The van der Waals surface area contributed by atoms with E-state index < -0.39 is 6.03 Å². The Morgan fingerprint density at radius 2 is 1.20 bits per heavy atom. The lowest BCUT2D eigenvalue weighted by molar-refractivity contribution is 0.143. The van der Waals surface area contributed by atoms with Crippen LogP contribution in [0.15, 0.2) is 10.9 Å². The summed E-state index contributed by atoms with van der Waals surface area (Å²) in [5.41, 5.74) is 0.228. The number of anilines is 1. The number of carbonyl (C=O) groups is 2. The summed E-state index contributed by atoms with van der Waals surface area (Å²) in [6.45, 7) is 3.62. The Morgan fingerprint density at radius 1 is 0.717 bits per heavy atom. The van der Waals surface area contributed by atoms with Crippen molar-refractivity contribution in [3.05, 3.63) is 22.1 Å². The van der Waals surface area contributed by atoms with E-state index in [1.165, 1.54) is 107 Å². The zero-order chi connectivity index (χ0) is 33.3. The third kappa shape index (κ3) is 28.3. The van der Waals surface area contributed by atoms with Gasteiger partial charge in [0.15, 0.2) is 0 Å². The molecule has 12 heteroatoms. The first-order valence-electron chi connectivity index (χ1n) is 17.9. The van der Waals surface area contributed by atoms with Gasteiger partial charge < -0.3 is 20.5 Å². The Bertz CT molecular complexity index is 937. The second-order valence-corrected chi connectivity index (χ2v) is 14.7. The number of hydrogen-bond acceptors (Lipinski definition) is 8. The fraction of sp³-hybridized carbons (Fsp3) is 0.824. The van der Waals surface area contributed by atoms with Gasteiger partial charge in [0.1, 0.15) is 0 Å². The average Bonchev–Trinajstić information content (AvgIpc) is 3.02. The van der Waals surface area contributed by atoms with E-state index in [2.05, 4.69) is 36.7 Å². The van der Waals surface area contributed by atoms with Crippen molar-refractivity contribution < 1.29 is 19.4 Å². The van der Waals surface area contributed by atoms with Crippen LogP contribution in [0, 0.1) is 6.92 Å². The summed E-state index contributed by atoms with van der Waals surface area (Å²) in [6, 6.07) is 0.956. The highest BCUT2D eigenvalue weighted by Crippen LogP contribution is 2.25. The Hall–Kier alpha value is -1.92. The largest absolute Gasteiger partial charge is 0.450 e. The number of rotatable bonds is 31.